The van der Waals surface area contributed by atoms with Crippen molar-refractivity contribution in [1.82, 2.24) is 0 Å². The van der Waals surface area contributed by atoms with E-state index in [0.717, 1.165) is 6.42 Å². The van der Waals surface area contributed by atoms with E-state index in [1.807, 2.05) is 0 Å². The molecule has 0 amide bonds. The molecule has 0 fully saturated rings. The van der Waals surface area contributed by atoms with Crippen LogP contribution in [0.1, 0.15) is 24.4 Å². The monoisotopic (exact) mass is 277 g/mol. The molecule has 0 spiro atoms. The van der Waals surface area contributed by atoms with Gasteiger partial charge in [0.05, 0.1) is 17.7 Å². The third-order valence-corrected chi connectivity index (χ3v) is 2.71. The quantitative estimate of drug-likeness (QED) is 0.811. The number of methoxy groups -OCH3 is 1. The van der Waals surface area contributed by atoms with Crippen LogP contribution in [-0.4, -0.2) is 12.2 Å². The number of rotatable bonds is 5. The Morgan fingerprint density at radius 3 is 2.76 bits per heavy atom. The van der Waals surface area contributed by atoms with Crippen molar-refractivity contribution in [2.45, 2.75) is 18.9 Å². The Kier molecular flexibility index (Phi) is 7.04. The molecule has 96 valence electrons. The van der Waals surface area contributed by atoms with Crippen LogP contribution in [0, 0.1) is 0 Å². The van der Waals surface area contributed by atoms with E-state index in [0.29, 0.717) is 17.7 Å². The molecular formula is C12H17Cl2NO2. The fourth-order valence-corrected chi connectivity index (χ4v) is 1.71. The highest BCUT2D eigenvalue weighted by atomic mass is 35.5. The summed E-state index contributed by atoms with van der Waals surface area (Å²) in [6.07, 6.45) is 3.25. The van der Waals surface area contributed by atoms with Crippen LogP contribution in [0.15, 0.2) is 24.8 Å². The van der Waals surface area contributed by atoms with E-state index in [1.165, 1.54) is 7.11 Å². The van der Waals surface area contributed by atoms with Crippen molar-refractivity contribution in [3.63, 3.8) is 0 Å². The summed E-state index contributed by atoms with van der Waals surface area (Å²) < 4.78 is 5.16. The van der Waals surface area contributed by atoms with Gasteiger partial charge in [0.2, 0.25) is 0 Å². The molecule has 1 aromatic carbocycles. The summed E-state index contributed by atoms with van der Waals surface area (Å²) >= 11 is 5.84. The van der Waals surface area contributed by atoms with Crippen molar-refractivity contribution in [3.8, 4) is 11.5 Å². The van der Waals surface area contributed by atoms with E-state index >= 15 is 0 Å². The Balaban J connectivity index is 0.00000256. The molecule has 0 bridgehead atoms. The third-order valence-electron chi connectivity index (χ3n) is 2.40. The molecule has 0 aliphatic heterocycles. The largest absolute Gasteiger partial charge is 0.506 e. The number of ether oxygens (including phenoxy) is 1. The molecular weight excluding hydrogens is 261 g/mol. The Hall–Kier alpha value is -0.900. The van der Waals surface area contributed by atoms with Gasteiger partial charge in [-0.3, -0.25) is 0 Å². The van der Waals surface area contributed by atoms with E-state index in [4.69, 9.17) is 22.1 Å². The van der Waals surface area contributed by atoms with Gasteiger partial charge >= 0.3 is 0 Å². The summed E-state index contributed by atoms with van der Waals surface area (Å²) in [4.78, 5) is 0. The molecule has 1 aromatic rings. The lowest BCUT2D eigenvalue weighted by Crippen LogP contribution is -2.11. The second-order valence-corrected chi connectivity index (χ2v) is 3.89. The summed E-state index contributed by atoms with van der Waals surface area (Å²) in [5.41, 5.74) is 6.53. The van der Waals surface area contributed by atoms with Gasteiger partial charge in [0, 0.05) is 6.04 Å². The molecule has 0 radical (unpaired) electrons. The molecule has 1 atom stereocenters. The number of benzene rings is 1. The first-order chi connectivity index (χ1) is 7.61. The minimum atomic E-state index is -0.313. The maximum Gasteiger partial charge on any atom is 0.142 e. The van der Waals surface area contributed by atoms with Crippen LogP contribution in [-0.2, 0) is 0 Å². The summed E-state index contributed by atoms with van der Waals surface area (Å²) in [7, 11) is 1.53. The minimum absolute atomic E-state index is 0. The highest BCUT2D eigenvalue weighted by molar-refractivity contribution is 6.32. The van der Waals surface area contributed by atoms with Crippen LogP contribution in [0.5, 0.6) is 11.5 Å². The maximum atomic E-state index is 9.86. The number of hydrogen-bond acceptors (Lipinski definition) is 3. The van der Waals surface area contributed by atoms with Crippen molar-refractivity contribution in [2.24, 2.45) is 5.73 Å². The van der Waals surface area contributed by atoms with Gasteiger partial charge in [-0.1, -0.05) is 17.7 Å². The molecule has 0 aromatic heterocycles. The lowest BCUT2D eigenvalue weighted by molar-refractivity contribution is 0.391. The van der Waals surface area contributed by atoms with Crippen LogP contribution >= 0.6 is 24.0 Å². The molecule has 0 unspecified atom stereocenters. The molecule has 17 heavy (non-hydrogen) atoms. The van der Waals surface area contributed by atoms with Crippen LogP contribution in [0.4, 0.5) is 0 Å². The van der Waals surface area contributed by atoms with Crippen LogP contribution in [0.3, 0.4) is 0 Å². The van der Waals surface area contributed by atoms with Gasteiger partial charge in [0.1, 0.15) is 11.5 Å². The minimum Gasteiger partial charge on any atom is -0.506 e. The summed E-state index contributed by atoms with van der Waals surface area (Å²) in [6, 6.07) is 2.97. The fourth-order valence-electron chi connectivity index (χ4n) is 1.54. The summed E-state index contributed by atoms with van der Waals surface area (Å²) in [5.74, 6) is 0.552. The normalized spacial score (nSPS) is 11.5. The van der Waals surface area contributed by atoms with Gasteiger partial charge in [-0.25, -0.2) is 0 Å². The third kappa shape index (κ3) is 3.80. The summed E-state index contributed by atoms with van der Waals surface area (Å²) in [6.45, 7) is 3.63. The molecule has 3 N–H and O–H groups in total. The highest BCUT2D eigenvalue weighted by Crippen LogP contribution is 2.39. The summed E-state index contributed by atoms with van der Waals surface area (Å²) in [5, 5.41) is 10.1. The SMILES string of the molecule is C=CCC[C@@H](N)c1c(OC)ccc(Cl)c1O.Cl. The van der Waals surface area contributed by atoms with E-state index < -0.39 is 0 Å². The van der Waals surface area contributed by atoms with Crippen molar-refractivity contribution < 1.29 is 9.84 Å². The number of halogens is 2. The topological polar surface area (TPSA) is 55.5 Å². The van der Waals surface area contributed by atoms with Crippen molar-refractivity contribution in [3.05, 3.63) is 35.4 Å². The van der Waals surface area contributed by atoms with E-state index in [9.17, 15) is 5.11 Å². The van der Waals surface area contributed by atoms with Gasteiger partial charge in [-0.05, 0) is 25.0 Å². The van der Waals surface area contributed by atoms with Crippen LogP contribution in [0.25, 0.3) is 0 Å². The van der Waals surface area contributed by atoms with E-state index in [1.54, 1.807) is 18.2 Å². The average Bonchev–Trinajstić information content (AvgIpc) is 2.29. The molecule has 0 saturated heterocycles. The number of hydrogen-bond donors (Lipinski definition) is 2. The number of nitrogens with two attached hydrogens (primary N) is 1. The number of aromatic hydroxyl groups is 1. The zero-order valence-electron chi connectivity index (χ0n) is 9.65. The number of phenolic OH excluding ortho intramolecular Hbond substituents is 1. The molecule has 5 heteroatoms. The van der Waals surface area contributed by atoms with Crippen LogP contribution in [0.2, 0.25) is 5.02 Å². The highest BCUT2D eigenvalue weighted by Gasteiger charge is 2.18. The molecule has 3 nitrogen and oxygen atoms in total. The Labute approximate surface area is 113 Å². The zero-order chi connectivity index (χ0) is 12.1. The van der Waals surface area contributed by atoms with Gasteiger partial charge in [-0.15, -0.1) is 19.0 Å². The van der Waals surface area contributed by atoms with Gasteiger partial charge < -0.3 is 15.6 Å². The molecule has 0 saturated carbocycles. The second-order valence-electron chi connectivity index (χ2n) is 3.48. The van der Waals surface area contributed by atoms with E-state index in [2.05, 4.69) is 6.58 Å². The lowest BCUT2D eigenvalue weighted by Gasteiger charge is -2.17. The Bertz CT molecular complexity index is 383. The predicted molar refractivity (Wildman–Crippen MR) is 73.3 cm³/mol. The van der Waals surface area contributed by atoms with E-state index in [-0.39, 0.29) is 29.2 Å². The molecule has 0 aliphatic carbocycles. The van der Waals surface area contributed by atoms with Gasteiger partial charge in [-0.2, -0.15) is 0 Å². The fraction of sp³-hybridized carbons (Fsp3) is 0.333. The molecule has 1 rings (SSSR count). The molecule has 0 aliphatic rings. The lowest BCUT2D eigenvalue weighted by atomic mass is 10.0. The smallest absolute Gasteiger partial charge is 0.142 e. The standard InChI is InChI=1S/C12H16ClNO2.ClH/c1-3-4-5-9(14)11-10(16-2)7-6-8(13)12(11)15;/h3,6-7,9,15H,1,4-5,14H2,2H3;1H/t9-;/m1./s1. The van der Waals surface area contributed by atoms with Crippen molar-refractivity contribution >= 4 is 24.0 Å². The Morgan fingerprint density at radius 2 is 2.24 bits per heavy atom. The first-order valence-corrected chi connectivity index (χ1v) is 5.41. The zero-order valence-corrected chi connectivity index (χ0v) is 11.2. The predicted octanol–water partition coefficient (Wildman–Crippen LogP) is 3.44. The first-order valence-electron chi connectivity index (χ1n) is 5.03. The Morgan fingerprint density at radius 1 is 1.59 bits per heavy atom. The maximum absolute atomic E-state index is 9.86. The average molecular weight is 278 g/mol. The van der Waals surface area contributed by atoms with Crippen molar-refractivity contribution in [2.75, 3.05) is 7.11 Å². The number of phenols is 1. The molecule has 0 heterocycles. The second kappa shape index (κ2) is 7.43. The van der Waals surface area contributed by atoms with Gasteiger partial charge in [0.25, 0.3) is 0 Å². The van der Waals surface area contributed by atoms with Crippen molar-refractivity contribution in [1.29, 1.82) is 0 Å². The number of allylic oxidation sites excluding steroid dienone is 1. The first kappa shape index (κ1) is 16.1. The van der Waals surface area contributed by atoms with Crippen LogP contribution < -0.4 is 10.5 Å². The van der Waals surface area contributed by atoms with Gasteiger partial charge in [0.15, 0.2) is 0 Å².